The van der Waals surface area contributed by atoms with E-state index in [2.05, 4.69) is 34.4 Å². The minimum atomic E-state index is 0.511. The fraction of sp³-hybridized carbons (Fsp3) is 0.421. The first kappa shape index (κ1) is 16.6. The van der Waals surface area contributed by atoms with Gasteiger partial charge in [-0.05, 0) is 38.2 Å². The predicted molar refractivity (Wildman–Crippen MR) is 99.6 cm³/mol. The van der Waals surface area contributed by atoms with Crippen molar-refractivity contribution in [1.29, 1.82) is 0 Å². The Balaban J connectivity index is 1.55. The number of imidazole rings is 1. The lowest BCUT2D eigenvalue weighted by atomic mass is 9.92. The maximum atomic E-state index is 4.64. The molecule has 0 N–H and O–H groups in total. The highest BCUT2D eigenvalue weighted by molar-refractivity contribution is 5.57. The van der Waals surface area contributed by atoms with Gasteiger partial charge in [-0.25, -0.2) is 15.0 Å². The maximum absolute atomic E-state index is 4.64. The fourth-order valence-corrected chi connectivity index (χ4v) is 3.59. The molecular formula is C19H23N7. The molecule has 1 saturated heterocycles. The molecule has 1 fully saturated rings. The zero-order valence-corrected chi connectivity index (χ0v) is 15.2. The third-order valence-corrected chi connectivity index (χ3v) is 5.07. The van der Waals surface area contributed by atoms with Gasteiger partial charge >= 0.3 is 0 Å². The van der Waals surface area contributed by atoms with Crippen LogP contribution in [0, 0.1) is 12.8 Å². The molecule has 1 aliphatic heterocycles. The third kappa shape index (κ3) is 3.29. The molecule has 0 saturated carbocycles. The van der Waals surface area contributed by atoms with Crippen molar-refractivity contribution < 1.29 is 0 Å². The van der Waals surface area contributed by atoms with Crippen LogP contribution in [0.4, 0.5) is 5.95 Å². The first-order valence-electron chi connectivity index (χ1n) is 9.03. The van der Waals surface area contributed by atoms with Crippen molar-refractivity contribution in [2.45, 2.75) is 26.2 Å². The monoisotopic (exact) mass is 349 g/mol. The van der Waals surface area contributed by atoms with Crippen LogP contribution in [0.1, 0.15) is 24.4 Å². The Kier molecular flexibility index (Phi) is 4.60. The maximum Gasteiger partial charge on any atom is 0.225 e. The van der Waals surface area contributed by atoms with Gasteiger partial charge in [0.25, 0.3) is 0 Å². The number of hydrogen-bond donors (Lipinski definition) is 0. The number of piperidine rings is 1. The summed E-state index contributed by atoms with van der Waals surface area (Å²) < 4.78 is 2.07. The molecule has 26 heavy (non-hydrogen) atoms. The molecule has 0 aromatic carbocycles. The first-order chi connectivity index (χ1) is 12.7. The van der Waals surface area contributed by atoms with Crippen molar-refractivity contribution in [3.8, 4) is 11.4 Å². The van der Waals surface area contributed by atoms with E-state index in [4.69, 9.17) is 0 Å². The van der Waals surface area contributed by atoms with Gasteiger partial charge in [0.1, 0.15) is 11.5 Å². The van der Waals surface area contributed by atoms with Crippen molar-refractivity contribution in [3.63, 3.8) is 0 Å². The van der Waals surface area contributed by atoms with Crippen molar-refractivity contribution in [3.05, 3.63) is 48.6 Å². The Bertz CT molecular complexity index is 875. The van der Waals surface area contributed by atoms with Crippen molar-refractivity contribution in [1.82, 2.24) is 29.5 Å². The topological polar surface area (TPSA) is 72.6 Å². The van der Waals surface area contributed by atoms with Crippen LogP contribution in [-0.2, 0) is 13.5 Å². The molecule has 4 rings (SSSR count). The lowest BCUT2D eigenvalue weighted by Crippen LogP contribution is -2.37. The molecule has 0 aliphatic carbocycles. The van der Waals surface area contributed by atoms with Crippen LogP contribution in [0.2, 0.25) is 0 Å². The largest absolute Gasteiger partial charge is 0.341 e. The number of rotatable bonds is 4. The van der Waals surface area contributed by atoms with Gasteiger partial charge < -0.3 is 9.47 Å². The molecule has 3 aromatic rings. The second kappa shape index (κ2) is 7.19. The standard InChI is InChI=1S/C19H23N7/c1-14-24-12-17(25(14)2)18-16(20-8-9-21-18)11-15-5-3-10-26(13-15)19-22-6-4-7-23-19/h4,6-9,12,15H,3,5,10-11,13H2,1-2H3/t15-/m1/s1. The molecule has 0 amide bonds. The van der Waals surface area contributed by atoms with Crippen LogP contribution in [0.25, 0.3) is 11.4 Å². The van der Waals surface area contributed by atoms with Crippen LogP contribution < -0.4 is 4.90 Å². The van der Waals surface area contributed by atoms with Crippen LogP contribution in [0.15, 0.2) is 37.1 Å². The zero-order valence-electron chi connectivity index (χ0n) is 15.2. The van der Waals surface area contributed by atoms with E-state index in [0.29, 0.717) is 5.92 Å². The zero-order chi connectivity index (χ0) is 17.9. The van der Waals surface area contributed by atoms with E-state index in [9.17, 15) is 0 Å². The summed E-state index contributed by atoms with van der Waals surface area (Å²) in [7, 11) is 2.02. The minimum Gasteiger partial charge on any atom is -0.341 e. The van der Waals surface area contributed by atoms with E-state index in [-0.39, 0.29) is 0 Å². The quantitative estimate of drug-likeness (QED) is 0.720. The molecule has 3 aromatic heterocycles. The Morgan fingerprint density at radius 3 is 2.62 bits per heavy atom. The summed E-state index contributed by atoms with van der Waals surface area (Å²) in [6.07, 6.45) is 12.3. The molecule has 7 heteroatoms. The van der Waals surface area contributed by atoms with Gasteiger partial charge in [-0.1, -0.05) is 0 Å². The molecule has 1 aliphatic rings. The summed E-state index contributed by atoms with van der Waals surface area (Å²) >= 11 is 0. The SMILES string of the molecule is Cc1ncc(-c2nccnc2C[C@H]2CCCN(c3ncccn3)C2)n1C. The number of anilines is 1. The minimum absolute atomic E-state index is 0.511. The molecule has 0 radical (unpaired) electrons. The Labute approximate surface area is 153 Å². The second-order valence-corrected chi connectivity index (χ2v) is 6.81. The van der Waals surface area contributed by atoms with Gasteiger partial charge in [0.05, 0.1) is 17.6 Å². The molecule has 4 heterocycles. The van der Waals surface area contributed by atoms with Crippen molar-refractivity contribution in [2.75, 3.05) is 18.0 Å². The van der Waals surface area contributed by atoms with E-state index < -0.39 is 0 Å². The van der Waals surface area contributed by atoms with E-state index >= 15 is 0 Å². The van der Waals surface area contributed by atoms with E-state index in [1.54, 1.807) is 24.8 Å². The highest BCUT2D eigenvalue weighted by atomic mass is 15.2. The fourth-order valence-electron chi connectivity index (χ4n) is 3.59. The van der Waals surface area contributed by atoms with Crippen LogP contribution in [0.3, 0.4) is 0 Å². The molecule has 7 nitrogen and oxygen atoms in total. The molecule has 134 valence electrons. The summed E-state index contributed by atoms with van der Waals surface area (Å²) in [4.78, 5) is 24.7. The molecule has 0 spiro atoms. The lowest BCUT2D eigenvalue weighted by Gasteiger charge is -2.32. The summed E-state index contributed by atoms with van der Waals surface area (Å²) in [5.74, 6) is 2.30. The average Bonchev–Trinajstić information content (AvgIpc) is 3.02. The highest BCUT2D eigenvalue weighted by Gasteiger charge is 2.24. The Hall–Kier alpha value is -2.83. The lowest BCUT2D eigenvalue weighted by molar-refractivity contribution is 0.406. The van der Waals surface area contributed by atoms with E-state index in [0.717, 1.165) is 54.8 Å². The number of nitrogens with zero attached hydrogens (tertiary/aromatic N) is 7. The van der Waals surface area contributed by atoms with Gasteiger partial charge in [-0.2, -0.15) is 0 Å². The summed E-state index contributed by atoms with van der Waals surface area (Å²) in [6.45, 7) is 3.96. The summed E-state index contributed by atoms with van der Waals surface area (Å²) in [5, 5.41) is 0. The summed E-state index contributed by atoms with van der Waals surface area (Å²) in [6, 6.07) is 1.85. The predicted octanol–water partition coefficient (Wildman–Crippen LogP) is 2.43. The van der Waals surface area contributed by atoms with Crippen LogP contribution in [0.5, 0.6) is 0 Å². The smallest absolute Gasteiger partial charge is 0.225 e. The van der Waals surface area contributed by atoms with Gasteiger partial charge in [0.15, 0.2) is 0 Å². The van der Waals surface area contributed by atoms with Gasteiger partial charge in [0.2, 0.25) is 5.95 Å². The summed E-state index contributed by atoms with van der Waals surface area (Å²) in [5.41, 5.74) is 2.99. The van der Waals surface area contributed by atoms with Crippen molar-refractivity contribution in [2.24, 2.45) is 13.0 Å². The average molecular weight is 349 g/mol. The molecule has 0 unspecified atom stereocenters. The second-order valence-electron chi connectivity index (χ2n) is 6.81. The van der Waals surface area contributed by atoms with E-state index in [1.807, 2.05) is 26.2 Å². The first-order valence-corrected chi connectivity index (χ1v) is 9.03. The van der Waals surface area contributed by atoms with Crippen LogP contribution >= 0.6 is 0 Å². The van der Waals surface area contributed by atoms with Gasteiger partial charge in [0, 0.05) is 44.9 Å². The molecule has 1 atom stereocenters. The normalized spacial score (nSPS) is 17.5. The van der Waals surface area contributed by atoms with Crippen LogP contribution in [-0.4, -0.2) is 42.6 Å². The van der Waals surface area contributed by atoms with Gasteiger partial charge in [-0.3, -0.25) is 9.97 Å². The third-order valence-electron chi connectivity index (χ3n) is 5.07. The highest BCUT2D eigenvalue weighted by Crippen LogP contribution is 2.27. The Morgan fingerprint density at radius 2 is 1.85 bits per heavy atom. The molecular weight excluding hydrogens is 326 g/mol. The van der Waals surface area contributed by atoms with Crippen molar-refractivity contribution >= 4 is 5.95 Å². The number of aryl methyl sites for hydroxylation is 1. The van der Waals surface area contributed by atoms with Gasteiger partial charge in [-0.15, -0.1) is 0 Å². The number of aromatic nitrogens is 6. The number of hydrogen-bond acceptors (Lipinski definition) is 6. The Morgan fingerprint density at radius 1 is 1.04 bits per heavy atom. The van der Waals surface area contributed by atoms with E-state index in [1.165, 1.54) is 6.42 Å². The molecule has 0 bridgehead atoms.